The predicted octanol–water partition coefficient (Wildman–Crippen LogP) is 5.03. The molecule has 0 spiro atoms. The summed E-state index contributed by atoms with van der Waals surface area (Å²) in [6.07, 6.45) is 1.79. The Kier molecular flexibility index (Phi) is 4.17. The Morgan fingerprint density at radius 1 is 1.11 bits per heavy atom. The van der Waals surface area contributed by atoms with Crippen LogP contribution in [-0.4, -0.2) is 11.4 Å². The largest absolute Gasteiger partial charge is 0.454 e. The minimum absolute atomic E-state index is 0.232. The third-order valence-corrected chi connectivity index (χ3v) is 4.64. The zero-order chi connectivity index (χ0) is 19.0. The van der Waals surface area contributed by atoms with Gasteiger partial charge in [-0.25, -0.2) is 4.39 Å². The van der Waals surface area contributed by atoms with Gasteiger partial charge in [0.2, 0.25) is 6.79 Å². The quantitative estimate of drug-likeness (QED) is 0.616. The fourth-order valence-corrected chi connectivity index (χ4v) is 3.35. The molecule has 27 heavy (non-hydrogen) atoms. The first-order valence-corrected chi connectivity index (χ1v) is 8.53. The van der Waals surface area contributed by atoms with Gasteiger partial charge in [-0.2, -0.15) is 5.26 Å². The minimum atomic E-state index is -0.362. The van der Waals surface area contributed by atoms with E-state index in [0.29, 0.717) is 11.1 Å². The van der Waals surface area contributed by atoms with Crippen LogP contribution in [0.2, 0.25) is 0 Å². The number of aromatic nitrogens is 1. The molecule has 0 atom stereocenters. The molecule has 0 bridgehead atoms. The highest BCUT2D eigenvalue weighted by atomic mass is 19.1. The van der Waals surface area contributed by atoms with Gasteiger partial charge in [0.1, 0.15) is 5.82 Å². The Hall–Kier alpha value is -3.52. The van der Waals surface area contributed by atoms with Gasteiger partial charge >= 0.3 is 0 Å². The highest BCUT2D eigenvalue weighted by Gasteiger charge is 2.16. The normalized spacial score (nSPS) is 12.9. The van der Waals surface area contributed by atoms with Crippen molar-refractivity contribution in [2.24, 2.45) is 0 Å². The van der Waals surface area contributed by atoms with E-state index in [9.17, 15) is 9.65 Å². The van der Waals surface area contributed by atoms with E-state index in [2.05, 4.69) is 10.6 Å². The van der Waals surface area contributed by atoms with Crippen LogP contribution in [0, 0.1) is 31.0 Å². The fourth-order valence-electron chi connectivity index (χ4n) is 3.35. The molecule has 5 heteroatoms. The van der Waals surface area contributed by atoms with E-state index in [1.165, 1.54) is 12.1 Å². The van der Waals surface area contributed by atoms with Crippen LogP contribution in [0.4, 0.5) is 4.39 Å². The first-order valence-electron chi connectivity index (χ1n) is 8.53. The average molecular weight is 360 g/mol. The molecule has 0 radical (unpaired) electrons. The van der Waals surface area contributed by atoms with Crippen LogP contribution in [0.15, 0.2) is 48.5 Å². The van der Waals surface area contributed by atoms with Crippen molar-refractivity contribution in [1.29, 1.82) is 5.26 Å². The Morgan fingerprint density at radius 3 is 2.70 bits per heavy atom. The minimum Gasteiger partial charge on any atom is -0.454 e. The Morgan fingerprint density at radius 2 is 1.93 bits per heavy atom. The first-order chi connectivity index (χ1) is 13.1. The maximum atomic E-state index is 13.5. The van der Waals surface area contributed by atoms with Crippen molar-refractivity contribution in [3.05, 3.63) is 76.9 Å². The van der Waals surface area contributed by atoms with Gasteiger partial charge in [0.25, 0.3) is 0 Å². The van der Waals surface area contributed by atoms with Crippen LogP contribution in [0.3, 0.4) is 0 Å². The van der Waals surface area contributed by atoms with Crippen molar-refractivity contribution < 1.29 is 13.9 Å². The number of ether oxygens (including phenoxy) is 2. The van der Waals surface area contributed by atoms with E-state index in [0.717, 1.165) is 34.1 Å². The Balaban J connectivity index is 1.78. The smallest absolute Gasteiger partial charge is 0.231 e. The second kappa shape index (κ2) is 6.65. The molecule has 3 aromatic rings. The van der Waals surface area contributed by atoms with Gasteiger partial charge in [-0.3, -0.25) is 0 Å². The Labute approximate surface area is 156 Å². The van der Waals surface area contributed by atoms with Crippen molar-refractivity contribution in [3.63, 3.8) is 0 Å². The van der Waals surface area contributed by atoms with Crippen LogP contribution in [-0.2, 0) is 0 Å². The lowest BCUT2D eigenvalue weighted by molar-refractivity contribution is 0.174. The number of nitriles is 1. The summed E-state index contributed by atoms with van der Waals surface area (Å²) in [6, 6.07) is 16.0. The molecule has 2 heterocycles. The summed E-state index contributed by atoms with van der Waals surface area (Å²) in [5, 5.41) is 9.54. The molecule has 4 rings (SSSR count). The van der Waals surface area contributed by atoms with Gasteiger partial charge in [0.05, 0.1) is 11.6 Å². The topological polar surface area (TPSA) is 47.2 Å². The summed E-state index contributed by atoms with van der Waals surface area (Å²) >= 11 is 0. The molecule has 1 aromatic heterocycles. The molecular formula is C22H17FN2O2. The summed E-state index contributed by atoms with van der Waals surface area (Å²) in [4.78, 5) is 0. The summed E-state index contributed by atoms with van der Waals surface area (Å²) in [5.41, 5.74) is 4.85. The number of benzene rings is 2. The molecule has 0 N–H and O–H groups in total. The molecule has 0 amide bonds. The van der Waals surface area contributed by atoms with Gasteiger partial charge in [-0.05, 0) is 61.4 Å². The maximum absolute atomic E-state index is 13.5. The molecule has 0 fully saturated rings. The van der Waals surface area contributed by atoms with Crippen LogP contribution in [0.25, 0.3) is 17.3 Å². The third kappa shape index (κ3) is 3.06. The van der Waals surface area contributed by atoms with E-state index in [-0.39, 0.29) is 12.6 Å². The van der Waals surface area contributed by atoms with Gasteiger partial charge < -0.3 is 14.0 Å². The van der Waals surface area contributed by atoms with Crippen molar-refractivity contribution in [2.45, 2.75) is 13.8 Å². The summed E-state index contributed by atoms with van der Waals surface area (Å²) in [6.45, 7) is 4.22. The molecular weight excluding hydrogens is 343 g/mol. The SMILES string of the molecule is Cc1cc(/C=C(\C#N)c2cccc(F)c2)c(C)n1-c1ccc2c(c1)OCO2. The molecule has 2 aromatic carbocycles. The van der Waals surface area contributed by atoms with E-state index < -0.39 is 0 Å². The van der Waals surface area contributed by atoms with Crippen molar-refractivity contribution in [1.82, 2.24) is 4.57 Å². The summed E-state index contributed by atoms with van der Waals surface area (Å²) in [5.74, 6) is 1.09. The molecule has 0 aliphatic carbocycles. The monoisotopic (exact) mass is 360 g/mol. The van der Waals surface area contributed by atoms with Crippen LogP contribution in [0.5, 0.6) is 11.5 Å². The van der Waals surface area contributed by atoms with Gasteiger partial charge in [0.15, 0.2) is 11.5 Å². The van der Waals surface area contributed by atoms with Crippen molar-refractivity contribution >= 4 is 11.6 Å². The molecule has 1 aliphatic rings. The summed E-state index contributed by atoms with van der Waals surface area (Å²) < 4.78 is 26.5. The lowest BCUT2D eigenvalue weighted by atomic mass is 10.0. The number of halogens is 1. The van der Waals surface area contributed by atoms with Gasteiger partial charge in [-0.15, -0.1) is 0 Å². The number of nitrogens with zero attached hydrogens (tertiary/aromatic N) is 2. The Bertz CT molecular complexity index is 1110. The van der Waals surface area contributed by atoms with E-state index in [1.807, 2.05) is 38.1 Å². The first kappa shape index (κ1) is 16.9. The van der Waals surface area contributed by atoms with Gasteiger partial charge in [0, 0.05) is 23.1 Å². The number of fused-ring (bicyclic) bond motifs is 1. The fraction of sp³-hybridized carbons (Fsp3) is 0.136. The van der Waals surface area contributed by atoms with E-state index >= 15 is 0 Å². The zero-order valence-electron chi connectivity index (χ0n) is 15.0. The summed E-state index contributed by atoms with van der Waals surface area (Å²) in [7, 11) is 0. The molecule has 4 nitrogen and oxygen atoms in total. The van der Waals surface area contributed by atoms with Crippen molar-refractivity contribution in [3.8, 4) is 23.3 Å². The van der Waals surface area contributed by atoms with Crippen molar-refractivity contribution in [2.75, 3.05) is 6.79 Å². The van der Waals surface area contributed by atoms with Gasteiger partial charge in [-0.1, -0.05) is 12.1 Å². The highest BCUT2D eigenvalue weighted by Crippen LogP contribution is 2.35. The second-order valence-electron chi connectivity index (χ2n) is 6.38. The standard InChI is InChI=1S/C22H17FN2O2/c1-14-8-17(9-18(12-24)16-4-3-5-19(23)10-16)15(2)25(14)20-6-7-21-22(11-20)27-13-26-21/h3-11H,13H2,1-2H3/b18-9+. The van der Waals surface area contributed by atoms with Crippen LogP contribution in [0.1, 0.15) is 22.5 Å². The number of allylic oxidation sites excluding steroid dienone is 1. The van der Waals surface area contributed by atoms with E-state index in [4.69, 9.17) is 9.47 Å². The van der Waals surface area contributed by atoms with E-state index in [1.54, 1.807) is 18.2 Å². The second-order valence-corrected chi connectivity index (χ2v) is 6.38. The highest BCUT2D eigenvalue weighted by molar-refractivity contribution is 5.90. The average Bonchev–Trinajstić information content (AvgIpc) is 3.23. The molecule has 0 saturated carbocycles. The number of hydrogen-bond acceptors (Lipinski definition) is 3. The number of aryl methyl sites for hydroxylation is 1. The van der Waals surface area contributed by atoms with Crippen LogP contribution < -0.4 is 9.47 Å². The number of rotatable bonds is 3. The van der Waals surface area contributed by atoms with Crippen LogP contribution >= 0.6 is 0 Å². The molecule has 134 valence electrons. The molecule has 1 aliphatic heterocycles. The molecule has 0 unspecified atom stereocenters. The maximum Gasteiger partial charge on any atom is 0.231 e. The zero-order valence-corrected chi connectivity index (χ0v) is 15.0. The third-order valence-electron chi connectivity index (χ3n) is 4.64. The molecule has 0 saturated heterocycles. The predicted molar refractivity (Wildman–Crippen MR) is 101 cm³/mol. The number of hydrogen-bond donors (Lipinski definition) is 0. The lowest BCUT2D eigenvalue weighted by Crippen LogP contribution is -1.99. The lowest BCUT2D eigenvalue weighted by Gasteiger charge is -2.10.